The quantitative estimate of drug-likeness (QED) is 0.852. The molecule has 0 atom stereocenters. The Morgan fingerprint density at radius 2 is 2.19 bits per heavy atom. The van der Waals surface area contributed by atoms with Crippen molar-refractivity contribution >= 4 is 16.8 Å². The average molecular weight is 218 g/mol. The van der Waals surface area contributed by atoms with Gasteiger partial charge in [-0.1, -0.05) is 13.8 Å². The summed E-state index contributed by atoms with van der Waals surface area (Å²) in [6, 6.07) is 6.03. The van der Waals surface area contributed by atoms with Gasteiger partial charge in [0.15, 0.2) is 11.5 Å². The lowest BCUT2D eigenvalue weighted by Crippen LogP contribution is -2.04. The van der Waals surface area contributed by atoms with Crippen LogP contribution in [0.1, 0.15) is 26.2 Å². The number of benzene rings is 1. The van der Waals surface area contributed by atoms with Crippen molar-refractivity contribution in [2.75, 3.05) is 11.9 Å². The highest BCUT2D eigenvalue weighted by Crippen LogP contribution is 2.19. The van der Waals surface area contributed by atoms with Crippen molar-refractivity contribution in [2.24, 2.45) is 5.92 Å². The predicted molar refractivity (Wildman–Crippen MR) is 66.7 cm³/mol. The van der Waals surface area contributed by atoms with Crippen LogP contribution in [0.2, 0.25) is 0 Å². The lowest BCUT2D eigenvalue weighted by atomic mass is 10.1. The second kappa shape index (κ2) is 4.56. The zero-order chi connectivity index (χ0) is 11.5. The average Bonchev–Trinajstić information content (AvgIpc) is 2.56. The van der Waals surface area contributed by atoms with E-state index in [1.165, 1.54) is 6.42 Å². The van der Waals surface area contributed by atoms with Crippen molar-refractivity contribution in [1.29, 1.82) is 0 Å². The van der Waals surface area contributed by atoms with Gasteiger partial charge in [0.1, 0.15) is 5.52 Å². The normalized spacial score (nSPS) is 11.2. The molecule has 0 unspecified atom stereocenters. The van der Waals surface area contributed by atoms with Gasteiger partial charge < -0.3 is 9.73 Å². The van der Waals surface area contributed by atoms with Gasteiger partial charge in [-0.05, 0) is 30.5 Å². The van der Waals surface area contributed by atoms with Gasteiger partial charge in [-0.25, -0.2) is 4.98 Å². The smallest absolute Gasteiger partial charge is 0.192 e. The summed E-state index contributed by atoms with van der Waals surface area (Å²) in [5, 5.41) is 3.40. The van der Waals surface area contributed by atoms with E-state index in [0.29, 0.717) is 5.89 Å². The first kappa shape index (κ1) is 11.0. The highest BCUT2D eigenvalue weighted by molar-refractivity contribution is 5.77. The molecule has 1 heterocycles. The molecule has 0 aliphatic carbocycles. The zero-order valence-corrected chi connectivity index (χ0v) is 10.1. The number of nitrogens with zero attached hydrogens (tertiary/aromatic N) is 1. The Bertz CT molecular complexity index is 474. The lowest BCUT2D eigenvalue weighted by molar-refractivity contribution is 0.561. The summed E-state index contributed by atoms with van der Waals surface area (Å²) in [6.07, 6.45) is 1.18. The van der Waals surface area contributed by atoms with Crippen molar-refractivity contribution in [3.63, 3.8) is 0 Å². The Balaban J connectivity index is 2.07. The minimum absolute atomic E-state index is 0.717. The van der Waals surface area contributed by atoms with Gasteiger partial charge in [0.25, 0.3) is 0 Å². The second-order valence-electron chi connectivity index (χ2n) is 4.52. The fourth-order valence-corrected chi connectivity index (χ4v) is 1.66. The number of oxazole rings is 1. The van der Waals surface area contributed by atoms with Crippen LogP contribution in [0.25, 0.3) is 11.1 Å². The number of hydrogen-bond donors (Lipinski definition) is 1. The Labute approximate surface area is 95.9 Å². The van der Waals surface area contributed by atoms with Crippen LogP contribution in [0.5, 0.6) is 0 Å². The SMILES string of the molecule is Cc1nc2cc(NCCC(C)C)ccc2o1. The Morgan fingerprint density at radius 1 is 1.38 bits per heavy atom. The van der Waals surface area contributed by atoms with E-state index in [2.05, 4.69) is 24.1 Å². The van der Waals surface area contributed by atoms with Crippen molar-refractivity contribution in [2.45, 2.75) is 27.2 Å². The zero-order valence-electron chi connectivity index (χ0n) is 10.1. The van der Waals surface area contributed by atoms with Crippen molar-refractivity contribution in [3.8, 4) is 0 Å². The molecule has 0 radical (unpaired) electrons. The molecule has 0 aliphatic rings. The maximum Gasteiger partial charge on any atom is 0.192 e. The van der Waals surface area contributed by atoms with Crippen LogP contribution < -0.4 is 5.32 Å². The van der Waals surface area contributed by atoms with Crippen molar-refractivity contribution in [3.05, 3.63) is 24.1 Å². The Hall–Kier alpha value is -1.51. The van der Waals surface area contributed by atoms with Gasteiger partial charge in [-0.2, -0.15) is 0 Å². The first-order valence-corrected chi connectivity index (χ1v) is 5.76. The molecule has 0 bridgehead atoms. The minimum atomic E-state index is 0.717. The third-order valence-electron chi connectivity index (χ3n) is 2.55. The summed E-state index contributed by atoms with van der Waals surface area (Å²) in [5.74, 6) is 1.44. The maximum absolute atomic E-state index is 5.43. The van der Waals surface area contributed by atoms with Crippen LogP contribution in [0.3, 0.4) is 0 Å². The van der Waals surface area contributed by atoms with Crippen LogP contribution in [0, 0.1) is 12.8 Å². The predicted octanol–water partition coefficient (Wildman–Crippen LogP) is 3.59. The first-order valence-electron chi connectivity index (χ1n) is 5.76. The monoisotopic (exact) mass is 218 g/mol. The number of hydrogen-bond acceptors (Lipinski definition) is 3. The molecule has 0 fully saturated rings. The number of aromatic nitrogens is 1. The molecule has 16 heavy (non-hydrogen) atoms. The molecule has 1 aromatic heterocycles. The summed E-state index contributed by atoms with van der Waals surface area (Å²) in [6.45, 7) is 7.32. The van der Waals surface area contributed by atoms with Gasteiger partial charge in [0.05, 0.1) is 0 Å². The summed E-state index contributed by atoms with van der Waals surface area (Å²) < 4.78 is 5.43. The molecule has 2 aromatic rings. The highest BCUT2D eigenvalue weighted by atomic mass is 16.3. The summed E-state index contributed by atoms with van der Waals surface area (Å²) in [5.41, 5.74) is 2.89. The second-order valence-corrected chi connectivity index (χ2v) is 4.52. The van der Waals surface area contributed by atoms with E-state index in [9.17, 15) is 0 Å². The third-order valence-corrected chi connectivity index (χ3v) is 2.55. The number of fused-ring (bicyclic) bond motifs is 1. The summed E-state index contributed by atoms with van der Waals surface area (Å²) in [4.78, 5) is 4.31. The molecule has 0 amide bonds. The molecule has 1 N–H and O–H groups in total. The molecule has 0 aliphatic heterocycles. The minimum Gasteiger partial charge on any atom is -0.441 e. The molecule has 0 saturated heterocycles. The molecule has 2 rings (SSSR count). The molecule has 3 nitrogen and oxygen atoms in total. The summed E-state index contributed by atoms with van der Waals surface area (Å²) >= 11 is 0. The van der Waals surface area contributed by atoms with Crippen LogP contribution in [-0.4, -0.2) is 11.5 Å². The standard InChI is InChI=1S/C13H18N2O/c1-9(2)6-7-14-11-4-5-13-12(8-11)15-10(3)16-13/h4-5,8-9,14H,6-7H2,1-3H3. The van der Waals surface area contributed by atoms with E-state index in [4.69, 9.17) is 4.42 Å². The van der Waals surface area contributed by atoms with Crippen LogP contribution in [-0.2, 0) is 0 Å². The van der Waals surface area contributed by atoms with E-state index >= 15 is 0 Å². The lowest BCUT2D eigenvalue weighted by Gasteiger charge is -2.07. The third kappa shape index (κ3) is 2.54. The first-order chi connectivity index (χ1) is 7.65. The molecule has 0 spiro atoms. The molecule has 3 heteroatoms. The van der Waals surface area contributed by atoms with Gasteiger partial charge in [0, 0.05) is 19.2 Å². The molecule has 0 saturated carbocycles. The number of nitrogens with one attached hydrogen (secondary N) is 1. The Kier molecular flexibility index (Phi) is 3.13. The van der Waals surface area contributed by atoms with Gasteiger partial charge in [-0.15, -0.1) is 0 Å². The van der Waals surface area contributed by atoms with Gasteiger partial charge in [0.2, 0.25) is 0 Å². The molecular weight excluding hydrogens is 200 g/mol. The topological polar surface area (TPSA) is 38.1 Å². The number of anilines is 1. The van der Waals surface area contributed by atoms with Crippen molar-refractivity contribution in [1.82, 2.24) is 4.98 Å². The van der Waals surface area contributed by atoms with E-state index in [1.807, 2.05) is 25.1 Å². The molecule has 1 aromatic carbocycles. The van der Waals surface area contributed by atoms with Crippen LogP contribution in [0.4, 0.5) is 5.69 Å². The number of rotatable bonds is 4. The molecule has 86 valence electrons. The van der Waals surface area contributed by atoms with Crippen LogP contribution in [0.15, 0.2) is 22.6 Å². The fraction of sp³-hybridized carbons (Fsp3) is 0.462. The van der Waals surface area contributed by atoms with E-state index in [0.717, 1.165) is 29.2 Å². The fourth-order valence-electron chi connectivity index (χ4n) is 1.66. The number of aryl methyl sites for hydroxylation is 1. The van der Waals surface area contributed by atoms with Gasteiger partial charge >= 0.3 is 0 Å². The highest BCUT2D eigenvalue weighted by Gasteiger charge is 2.02. The Morgan fingerprint density at radius 3 is 2.94 bits per heavy atom. The van der Waals surface area contributed by atoms with E-state index in [1.54, 1.807) is 0 Å². The van der Waals surface area contributed by atoms with E-state index in [-0.39, 0.29) is 0 Å². The van der Waals surface area contributed by atoms with Crippen molar-refractivity contribution < 1.29 is 4.42 Å². The summed E-state index contributed by atoms with van der Waals surface area (Å²) in [7, 11) is 0. The maximum atomic E-state index is 5.43. The van der Waals surface area contributed by atoms with E-state index < -0.39 is 0 Å². The van der Waals surface area contributed by atoms with Crippen LogP contribution >= 0.6 is 0 Å². The van der Waals surface area contributed by atoms with Gasteiger partial charge in [-0.3, -0.25) is 0 Å². The largest absolute Gasteiger partial charge is 0.441 e. The molecular formula is C13H18N2O.